The summed E-state index contributed by atoms with van der Waals surface area (Å²) >= 11 is 0. The number of fused-ring (bicyclic) bond motifs is 1. The number of hydrogen-bond donors (Lipinski definition) is 1. The van der Waals surface area contributed by atoms with Crippen LogP contribution in [0.25, 0.3) is 11.0 Å². The van der Waals surface area contributed by atoms with Crippen molar-refractivity contribution in [2.24, 2.45) is 0 Å². The number of likely N-dealkylation sites (N-methyl/N-ethyl adjacent to an activating group) is 1. The van der Waals surface area contributed by atoms with Gasteiger partial charge in [-0.05, 0) is 55.1 Å². The maximum absolute atomic E-state index is 12.7. The lowest BCUT2D eigenvalue weighted by atomic mass is 10.2. The molecule has 4 aromatic rings. The van der Waals surface area contributed by atoms with E-state index in [1.165, 1.54) is 5.69 Å². The van der Waals surface area contributed by atoms with E-state index in [4.69, 9.17) is 4.74 Å². The molecule has 34 heavy (non-hydrogen) atoms. The van der Waals surface area contributed by atoms with Crippen LogP contribution in [0.4, 0.5) is 17.3 Å². The van der Waals surface area contributed by atoms with E-state index in [0.717, 1.165) is 48.6 Å². The summed E-state index contributed by atoms with van der Waals surface area (Å²) in [5.74, 6) is 1.23. The Bertz CT molecular complexity index is 1330. The standard InChI is InChI=1S/C26H28N6O2/c1-30-13-15-31(16-14-30)22-8-6-21(7-9-22)28-26-27-17-20-5-12-24(33)32(25(20)29-26)18-19-3-10-23(34-2)11-4-19/h3-12,17H,13-16,18H2,1-2H3,(H,27,28,29). The molecule has 3 heterocycles. The zero-order valence-corrected chi connectivity index (χ0v) is 19.4. The quantitative estimate of drug-likeness (QED) is 0.477. The summed E-state index contributed by atoms with van der Waals surface area (Å²) in [5.41, 5.74) is 3.59. The second-order valence-corrected chi connectivity index (χ2v) is 8.54. The highest BCUT2D eigenvalue weighted by atomic mass is 16.5. The largest absolute Gasteiger partial charge is 0.497 e. The van der Waals surface area contributed by atoms with E-state index in [0.29, 0.717) is 18.1 Å². The second-order valence-electron chi connectivity index (χ2n) is 8.54. The lowest BCUT2D eigenvalue weighted by molar-refractivity contribution is 0.313. The average molecular weight is 457 g/mol. The highest BCUT2D eigenvalue weighted by molar-refractivity contribution is 5.76. The van der Waals surface area contributed by atoms with Gasteiger partial charge in [0.05, 0.1) is 13.7 Å². The summed E-state index contributed by atoms with van der Waals surface area (Å²) in [6, 6.07) is 19.3. The molecule has 0 aliphatic carbocycles. The number of anilines is 3. The van der Waals surface area contributed by atoms with E-state index >= 15 is 0 Å². The molecule has 1 saturated heterocycles. The number of nitrogens with one attached hydrogen (secondary N) is 1. The first-order valence-electron chi connectivity index (χ1n) is 11.4. The molecule has 1 N–H and O–H groups in total. The first-order valence-corrected chi connectivity index (χ1v) is 11.4. The molecular formula is C26H28N6O2. The van der Waals surface area contributed by atoms with Gasteiger partial charge < -0.3 is 19.9 Å². The van der Waals surface area contributed by atoms with Crippen LogP contribution in [0.2, 0.25) is 0 Å². The molecule has 0 unspecified atom stereocenters. The van der Waals surface area contributed by atoms with Gasteiger partial charge in [-0.2, -0.15) is 4.98 Å². The molecule has 174 valence electrons. The van der Waals surface area contributed by atoms with Gasteiger partial charge in [0.1, 0.15) is 11.4 Å². The summed E-state index contributed by atoms with van der Waals surface area (Å²) < 4.78 is 6.90. The fourth-order valence-electron chi connectivity index (χ4n) is 4.15. The van der Waals surface area contributed by atoms with Gasteiger partial charge in [-0.25, -0.2) is 4.98 Å². The predicted molar refractivity (Wildman–Crippen MR) is 135 cm³/mol. The van der Waals surface area contributed by atoms with Gasteiger partial charge in [0.2, 0.25) is 5.95 Å². The number of aromatic nitrogens is 3. The van der Waals surface area contributed by atoms with Crippen molar-refractivity contribution in [3.8, 4) is 5.75 Å². The molecule has 1 aliphatic heterocycles. The van der Waals surface area contributed by atoms with E-state index in [9.17, 15) is 4.79 Å². The van der Waals surface area contributed by atoms with Gasteiger partial charge >= 0.3 is 0 Å². The Morgan fingerprint density at radius 2 is 1.68 bits per heavy atom. The first-order chi connectivity index (χ1) is 16.6. The number of piperazine rings is 1. The van der Waals surface area contributed by atoms with Crippen molar-refractivity contribution in [2.45, 2.75) is 6.54 Å². The lowest BCUT2D eigenvalue weighted by Crippen LogP contribution is -2.44. The van der Waals surface area contributed by atoms with E-state index in [1.807, 2.05) is 36.4 Å². The Hall–Kier alpha value is -3.91. The monoisotopic (exact) mass is 456 g/mol. The Balaban J connectivity index is 1.38. The third-order valence-corrected chi connectivity index (χ3v) is 6.21. The summed E-state index contributed by atoms with van der Waals surface area (Å²) in [6.45, 7) is 4.62. The van der Waals surface area contributed by atoms with Crippen molar-refractivity contribution in [3.63, 3.8) is 0 Å². The topological polar surface area (TPSA) is 75.5 Å². The van der Waals surface area contributed by atoms with E-state index < -0.39 is 0 Å². The number of benzene rings is 2. The fourth-order valence-corrected chi connectivity index (χ4v) is 4.15. The number of hydrogen-bond acceptors (Lipinski definition) is 7. The third-order valence-electron chi connectivity index (χ3n) is 6.21. The molecule has 8 heteroatoms. The molecule has 8 nitrogen and oxygen atoms in total. The van der Waals surface area contributed by atoms with Crippen LogP contribution in [0, 0.1) is 0 Å². The van der Waals surface area contributed by atoms with Crippen LogP contribution in [0.5, 0.6) is 5.75 Å². The molecule has 0 radical (unpaired) electrons. The molecule has 0 amide bonds. The molecule has 0 spiro atoms. The number of methoxy groups -OCH3 is 1. The highest BCUT2D eigenvalue weighted by Crippen LogP contribution is 2.22. The number of pyridine rings is 1. The summed E-state index contributed by atoms with van der Waals surface area (Å²) in [7, 11) is 3.79. The Kier molecular flexibility index (Phi) is 6.14. The molecule has 1 fully saturated rings. The molecule has 0 bridgehead atoms. The maximum Gasteiger partial charge on any atom is 0.252 e. The number of ether oxygens (including phenoxy) is 1. The normalized spacial score (nSPS) is 14.4. The van der Waals surface area contributed by atoms with Crippen molar-refractivity contribution in [2.75, 3.05) is 50.6 Å². The Morgan fingerprint density at radius 1 is 0.941 bits per heavy atom. The number of nitrogens with zero attached hydrogens (tertiary/aromatic N) is 5. The average Bonchev–Trinajstić information content (AvgIpc) is 2.87. The predicted octanol–water partition coefficient (Wildman–Crippen LogP) is 3.34. The van der Waals surface area contributed by atoms with Crippen molar-refractivity contribution in [1.29, 1.82) is 0 Å². The third kappa shape index (κ3) is 4.72. The van der Waals surface area contributed by atoms with E-state index in [2.05, 4.69) is 44.3 Å². The molecule has 0 saturated carbocycles. The van der Waals surface area contributed by atoms with Gasteiger partial charge in [-0.1, -0.05) is 12.1 Å². The van der Waals surface area contributed by atoms with E-state index in [-0.39, 0.29) is 5.56 Å². The number of rotatable bonds is 6. The zero-order valence-electron chi connectivity index (χ0n) is 19.4. The van der Waals surface area contributed by atoms with Crippen LogP contribution in [0.3, 0.4) is 0 Å². The minimum Gasteiger partial charge on any atom is -0.497 e. The molecule has 2 aromatic carbocycles. The highest BCUT2D eigenvalue weighted by Gasteiger charge is 2.14. The summed E-state index contributed by atoms with van der Waals surface area (Å²) in [6.07, 6.45) is 1.74. The molecular weight excluding hydrogens is 428 g/mol. The maximum atomic E-state index is 12.7. The van der Waals surface area contributed by atoms with Gasteiger partial charge in [0.25, 0.3) is 5.56 Å². The minimum atomic E-state index is -0.107. The summed E-state index contributed by atoms with van der Waals surface area (Å²) in [4.78, 5) is 26.6. The van der Waals surface area contributed by atoms with Crippen molar-refractivity contribution < 1.29 is 4.74 Å². The summed E-state index contributed by atoms with van der Waals surface area (Å²) in [5, 5.41) is 4.09. The van der Waals surface area contributed by atoms with Gasteiger partial charge in [-0.3, -0.25) is 9.36 Å². The van der Waals surface area contributed by atoms with Crippen LogP contribution < -0.4 is 20.5 Å². The molecule has 2 aromatic heterocycles. The zero-order chi connectivity index (χ0) is 23.5. The minimum absolute atomic E-state index is 0.107. The lowest BCUT2D eigenvalue weighted by Gasteiger charge is -2.34. The van der Waals surface area contributed by atoms with Crippen LogP contribution in [-0.2, 0) is 6.54 Å². The second kappa shape index (κ2) is 9.52. The molecule has 1 aliphatic rings. The molecule has 5 rings (SSSR count). The van der Waals surface area contributed by atoms with E-state index in [1.54, 1.807) is 30.0 Å². The molecule has 0 atom stereocenters. The van der Waals surface area contributed by atoms with Gasteiger partial charge in [-0.15, -0.1) is 0 Å². The van der Waals surface area contributed by atoms with Gasteiger partial charge in [0.15, 0.2) is 0 Å². The van der Waals surface area contributed by atoms with Crippen LogP contribution in [0.15, 0.2) is 71.7 Å². The van der Waals surface area contributed by atoms with Crippen LogP contribution >= 0.6 is 0 Å². The first kappa shape index (κ1) is 21.9. The van der Waals surface area contributed by atoms with Crippen molar-refractivity contribution in [1.82, 2.24) is 19.4 Å². The SMILES string of the molecule is COc1ccc(Cn2c(=O)ccc3cnc(Nc4ccc(N5CCN(C)CC5)cc4)nc32)cc1. The Morgan fingerprint density at radius 3 is 2.38 bits per heavy atom. The van der Waals surface area contributed by atoms with Crippen molar-refractivity contribution >= 4 is 28.4 Å². The smallest absolute Gasteiger partial charge is 0.252 e. The fraction of sp³-hybridized carbons (Fsp3) is 0.269. The van der Waals surface area contributed by atoms with Crippen LogP contribution in [-0.4, -0.2) is 59.8 Å². The van der Waals surface area contributed by atoms with Crippen LogP contribution in [0.1, 0.15) is 5.56 Å². The van der Waals surface area contributed by atoms with Gasteiger partial charge in [0, 0.05) is 55.2 Å². The van der Waals surface area contributed by atoms with Crippen molar-refractivity contribution in [3.05, 3.63) is 82.8 Å². The Labute approximate surface area is 198 Å².